The number of aliphatic hydroxyl groups excluding tert-OH is 1. The van der Waals surface area contributed by atoms with E-state index in [2.05, 4.69) is 15.2 Å². The lowest BCUT2D eigenvalue weighted by molar-refractivity contribution is -0.182. The van der Waals surface area contributed by atoms with Gasteiger partial charge in [0.15, 0.2) is 0 Å². The average molecular weight is 398 g/mol. The van der Waals surface area contributed by atoms with Crippen molar-refractivity contribution in [3.63, 3.8) is 0 Å². The van der Waals surface area contributed by atoms with E-state index in [4.69, 9.17) is 4.74 Å². The van der Waals surface area contributed by atoms with Crippen LogP contribution in [0.15, 0.2) is 18.3 Å². The minimum atomic E-state index is -4.40. The maximum atomic E-state index is 13.5. The second kappa shape index (κ2) is 7.53. The highest BCUT2D eigenvalue weighted by Gasteiger charge is 2.47. The third kappa shape index (κ3) is 3.70. The molecule has 2 atom stereocenters. The fourth-order valence-corrected chi connectivity index (χ4v) is 3.89. The van der Waals surface area contributed by atoms with Gasteiger partial charge < -0.3 is 19.1 Å². The summed E-state index contributed by atoms with van der Waals surface area (Å²) in [4.78, 5) is 6.69. The molecule has 2 fully saturated rings. The van der Waals surface area contributed by atoms with Crippen LogP contribution < -0.4 is 10.2 Å². The van der Waals surface area contributed by atoms with Crippen LogP contribution >= 0.6 is 0 Å². The normalized spacial score (nSPS) is 21.0. The van der Waals surface area contributed by atoms with Gasteiger partial charge in [0.25, 0.3) is 0 Å². The molecule has 28 heavy (non-hydrogen) atoms. The number of aromatic nitrogens is 2. The summed E-state index contributed by atoms with van der Waals surface area (Å²) in [5, 5.41) is 13.1. The van der Waals surface area contributed by atoms with Gasteiger partial charge in [0, 0.05) is 24.3 Å². The molecule has 1 aliphatic carbocycles. The van der Waals surface area contributed by atoms with E-state index in [1.54, 1.807) is 12.1 Å². The highest BCUT2D eigenvalue weighted by molar-refractivity contribution is 5.57. The van der Waals surface area contributed by atoms with Crippen molar-refractivity contribution in [3.05, 3.63) is 29.6 Å². The number of hydrogen-bond donors (Lipinski definition) is 2. The first-order valence-corrected chi connectivity index (χ1v) is 9.67. The zero-order valence-electron chi connectivity index (χ0n) is 15.7. The number of nitrogens with one attached hydrogen (secondary N) is 1. The van der Waals surface area contributed by atoms with Crippen LogP contribution in [0, 0.1) is 12.8 Å². The first-order valence-electron chi connectivity index (χ1n) is 9.67. The predicted octanol–water partition coefficient (Wildman–Crippen LogP) is 2.79. The minimum Gasteiger partial charge on any atom is -0.378 e. The summed E-state index contributed by atoms with van der Waals surface area (Å²) < 4.78 is 47.6. The van der Waals surface area contributed by atoms with Gasteiger partial charge in [-0.25, -0.2) is 4.98 Å². The fraction of sp³-hybridized carbons (Fsp3) is 0.632. The maximum absolute atomic E-state index is 13.5. The lowest BCUT2D eigenvalue weighted by Gasteiger charge is -2.36. The topological polar surface area (TPSA) is 62.0 Å². The molecule has 154 valence electrons. The van der Waals surface area contributed by atoms with Gasteiger partial charge in [0.2, 0.25) is 0 Å². The zero-order valence-corrected chi connectivity index (χ0v) is 15.7. The smallest absolute Gasteiger partial charge is 0.378 e. The van der Waals surface area contributed by atoms with Crippen LogP contribution in [0.2, 0.25) is 0 Å². The monoisotopic (exact) mass is 398 g/mol. The number of aryl methyl sites for hydroxylation is 1. The molecule has 9 heteroatoms. The van der Waals surface area contributed by atoms with Crippen LogP contribution in [0.3, 0.4) is 0 Å². The van der Waals surface area contributed by atoms with Gasteiger partial charge in [-0.05, 0) is 37.8 Å². The molecule has 0 radical (unpaired) electrons. The van der Waals surface area contributed by atoms with Gasteiger partial charge in [-0.2, -0.15) is 13.2 Å². The van der Waals surface area contributed by atoms with Crippen LogP contribution in [0.4, 0.5) is 19.0 Å². The van der Waals surface area contributed by atoms with E-state index in [1.807, 2.05) is 17.5 Å². The molecule has 1 saturated heterocycles. The molecule has 6 nitrogen and oxygen atoms in total. The zero-order chi connectivity index (χ0) is 19.9. The SMILES string of the molecule is Cc1ccc(C(O)NC(C2CCC2)C(F)(F)F)c2nc(N3CCOCC3)cn12. The molecule has 4 rings (SSSR count). The molecule has 0 bridgehead atoms. The number of ether oxygens (including phenoxy) is 1. The minimum absolute atomic E-state index is 0.346. The largest absolute Gasteiger partial charge is 0.404 e. The average Bonchev–Trinajstić information content (AvgIpc) is 3.06. The third-order valence-electron chi connectivity index (χ3n) is 5.78. The van der Waals surface area contributed by atoms with Crippen molar-refractivity contribution in [3.8, 4) is 0 Å². The van der Waals surface area contributed by atoms with Gasteiger partial charge in [0.1, 0.15) is 23.7 Å². The number of alkyl halides is 3. The lowest BCUT2D eigenvalue weighted by atomic mass is 9.79. The van der Waals surface area contributed by atoms with Crippen molar-refractivity contribution in [2.24, 2.45) is 5.92 Å². The molecule has 2 unspecified atom stereocenters. The van der Waals surface area contributed by atoms with Crippen LogP contribution in [0.1, 0.15) is 36.7 Å². The van der Waals surface area contributed by atoms with E-state index < -0.39 is 24.4 Å². The van der Waals surface area contributed by atoms with E-state index in [-0.39, 0.29) is 0 Å². The fourth-order valence-electron chi connectivity index (χ4n) is 3.89. The molecule has 3 heterocycles. The molecule has 2 aliphatic rings. The Labute approximate surface area is 161 Å². The Morgan fingerprint density at radius 2 is 1.96 bits per heavy atom. The molecule has 0 aromatic carbocycles. The summed E-state index contributed by atoms with van der Waals surface area (Å²) >= 11 is 0. The summed E-state index contributed by atoms with van der Waals surface area (Å²) in [5.41, 5.74) is 1.71. The second-order valence-electron chi connectivity index (χ2n) is 7.60. The molecule has 1 saturated carbocycles. The number of aliphatic hydroxyl groups is 1. The van der Waals surface area contributed by atoms with Gasteiger partial charge in [0.05, 0.1) is 19.4 Å². The Hall–Kier alpha value is -1.84. The highest BCUT2D eigenvalue weighted by Crippen LogP contribution is 2.38. The number of pyridine rings is 1. The molecule has 1 aliphatic heterocycles. The number of anilines is 1. The Morgan fingerprint density at radius 1 is 1.25 bits per heavy atom. The summed E-state index contributed by atoms with van der Waals surface area (Å²) in [6.45, 7) is 4.53. The highest BCUT2D eigenvalue weighted by atomic mass is 19.4. The van der Waals surface area contributed by atoms with E-state index in [0.717, 1.165) is 17.9 Å². The van der Waals surface area contributed by atoms with Crippen LogP contribution in [0.25, 0.3) is 5.65 Å². The summed E-state index contributed by atoms with van der Waals surface area (Å²) in [6, 6.07) is 1.71. The van der Waals surface area contributed by atoms with Gasteiger partial charge in [-0.15, -0.1) is 0 Å². The van der Waals surface area contributed by atoms with E-state index in [1.165, 1.54) is 0 Å². The van der Waals surface area contributed by atoms with Crippen molar-refractivity contribution < 1.29 is 23.0 Å². The first-order chi connectivity index (χ1) is 13.3. The van der Waals surface area contributed by atoms with Crippen LogP contribution in [-0.2, 0) is 4.74 Å². The number of hydrogen-bond acceptors (Lipinski definition) is 5. The van der Waals surface area contributed by atoms with Crippen molar-refractivity contribution in [1.82, 2.24) is 14.7 Å². The summed E-state index contributed by atoms with van der Waals surface area (Å²) in [6.07, 6.45) is -2.14. The number of morpholine rings is 1. The van der Waals surface area contributed by atoms with Crippen molar-refractivity contribution in [2.75, 3.05) is 31.2 Å². The van der Waals surface area contributed by atoms with Gasteiger partial charge in [-0.1, -0.05) is 6.42 Å². The van der Waals surface area contributed by atoms with E-state index in [0.29, 0.717) is 50.4 Å². The molecular formula is C19H25F3N4O2. The maximum Gasteiger partial charge on any atom is 0.404 e. The molecule has 2 aromatic heterocycles. The van der Waals surface area contributed by atoms with E-state index >= 15 is 0 Å². The Balaban J connectivity index is 1.63. The quantitative estimate of drug-likeness (QED) is 0.759. The Morgan fingerprint density at radius 3 is 2.57 bits per heavy atom. The standard InChI is InChI=1S/C19H25F3N4O2/c1-12-5-6-14(18(27)24-16(19(20,21)22)13-3-2-4-13)17-23-15(11-26(12)17)25-7-9-28-10-8-25/h5-6,11,13,16,18,24,27H,2-4,7-10H2,1H3. The molecule has 0 spiro atoms. The number of fused-ring (bicyclic) bond motifs is 1. The predicted molar refractivity (Wildman–Crippen MR) is 98.2 cm³/mol. The number of rotatable bonds is 5. The number of imidazole rings is 1. The van der Waals surface area contributed by atoms with Crippen molar-refractivity contribution in [1.29, 1.82) is 0 Å². The van der Waals surface area contributed by atoms with Gasteiger partial charge in [-0.3, -0.25) is 5.32 Å². The lowest BCUT2D eigenvalue weighted by Crippen LogP contribution is -2.51. The van der Waals surface area contributed by atoms with E-state index in [9.17, 15) is 18.3 Å². The van der Waals surface area contributed by atoms with Crippen molar-refractivity contribution in [2.45, 2.75) is 44.6 Å². The Bertz CT molecular complexity index is 828. The van der Waals surface area contributed by atoms with Crippen LogP contribution in [-0.4, -0.2) is 53.0 Å². The first kappa shape index (κ1) is 19.5. The number of halogens is 3. The molecule has 2 N–H and O–H groups in total. The summed E-state index contributed by atoms with van der Waals surface area (Å²) in [5.74, 6) is 0.247. The van der Waals surface area contributed by atoms with Crippen LogP contribution in [0.5, 0.6) is 0 Å². The molecule has 0 amide bonds. The molecular weight excluding hydrogens is 373 g/mol. The second-order valence-corrected chi connectivity index (χ2v) is 7.60. The molecule has 2 aromatic rings. The van der Waals surface area contributed by atoms with Gasteiger partial charge >= 0.3 is 6.18 Å². The van der Waals surface area contributed by atoms with Crippen molar-refractivity contribution >= 4 is 11.5 Å². The number of nitrogens with zero attached hydrogens (tertiary/aromatic N) is 3. The Kier molecular flexibility index (Phi) is 5.24. The summed E-state index contributed by atoms with van der Waals surface area (Å²) in [7, 11) is 0. The third-order valence-corrected chi connectivity index (χ3v) is 5.78.